The van der Waals surface area contributed by atoms with Crippen molar-refractivity contribution in [1.82, 2.24) is 15.1 Å². The van der Waals surface area contributed by atoms with Gasteiger partial charge in [0.2, 0.25) is 0 Å². The molecule has 1 aliphatic heterocycles. The first-order chi connectivity index (χ1) is 9.07. The minimum absolute atomic E-state index is 0.0696. The van der Waals surface area contributed by atoms with Gasteiger partial charge in [-0.15, -0.1) is 0 Å². The summed E-state index contributed by atoms with van der Waals surface area (Å²) in [5.41, 5.74) is 1.02. The summed E-state index contributed by atoms with van der Waals surface area (Å²) in [5.74, 6) is 0.709. The van der Waals surface area contributed by atoms with Gasteiger partial charge < -0.3 is 9.51 Å². The minimum Gasteiger partial charge on any atom is -0.356 e. The van der Waals surface area contributed by atoms with Gasteiger partial charge in [-0.2, -0.15) is 10.2 Å². The second kappa shape index (κ2) is 4.20. The Morgan fingerprint density at radius 3 is 3.00 bits per heavy atom. The molecule has 7 nitrogen and oxygen atoms in total. The van der Waals surface area contributed by atoms with Crippen molar-refractivity contribution in [2.24, 2.45) is 0 Å². The highest BCUT2D eigenvalue weighted by atomic mass is 32.2. The molecule has 1 N–H and O–H groups in total. The van der Waals surface area contributed by atoms with Crippen molar-refractivity contribution in [2.75, 3.05) is 11.5 Å². The Balaban J connectivity index is 1.86. The first kappa shape index (κ1) is 11.9. The van der Waals surface area contributed by atoms with Gasteiger partial charge in [-0.3, -0.25) is 0 Å². The van der Waals surface area contributed by atoms with Crippen molar-refractivity contribution in [1.29, 1.82) is 5.26 Å². The Labute approximate surface area is 109 Å². The Morgan fingerprint density at radius 2 is 2.37 bits per heavy atom. The fraction of sp³-hybridized carbons (Fsp3) is 0.364. The maximum Gasteiger partial charge on any atom is 0.274 e. The Kier molecular flexibility index (Phi) is 2.64. The molecule has 0 radical (unpaired) electrons. The smallest absolute Gasteiger partial charge is 0.274 e. The van der Waals surface area contributed by atoms with Crippen LogP contribution in [0.25, 0.3) is 11.6 Å². The molecule has 2 aromatic heterocycles. The van der Waals surface area contributed by atoms with E-state index in [0.29, 0.717) is 23.5 Å². The zero-order valence-corrected chi connectivity index (χ0v) is 10.6. The van der Waals surface area contributed by atoms with E-state index in [1.807, 2.05) is 6.07 Å². The fourth-order valence-corrected chi connectivity index (χ4v) is 3.83. The SMILES string of the molecule is N#Cc1c[nH]c(-c2nc(C3CCS(=O)(=O)C3)no2)c1. The van der Waals surface area contributed by atoms with E-state index in [2.05, 4.69) is 15.1 Å². The van der Waals surface area contributed by atoms with E-state index in [1.165, 1.54) is 0 Å². The standard InChI is InChI=1S/C11H10N4O3S/c12-4-7-3-9(13-5-7)11-14-10(15-18-11)8-1-2-19(16,17)6-8/h3,5,8,13H,1-2,6H2. The average molecular weight is 278 g/mol. The van der Waals surface area contributed by atoms with Gasteiger partial charge >= 0.3 is 0 Å². The van der Waals surface area contributed by atoms with Crippen molar-refractivity contribution in [2.45, 2.75) is 12.3 Å². The van der Waals surface area contributed by atoms with Crippen LogP contribution in [0.1, 0.15) is 23.7 Å². The molecule has 98 valence electrons. The molecule has 0 amide bonds. The number of nitrogens with one attached hydrogen (secondary N) is 1. The molecule has 3 rings (SSSR count). The monoisotopic (exact) mass is 278 g/mol. The van der Waals surface area contributed by atoms with E-state index in [0.717, 1.165) is 0 Å². The van der Waals surface area contributed by atoms with E-state index in [9.17, 15) is 8.42 Å². The van der Waals surface area contributed by atoms with E-state index < -0.39 is 9.84 Å². The first-order valence-electron chi connectivity index (χ1n) is 5.70. The zero-order chi connectivity index (χ0) is 13.5. The second-order valence-electron chi connectivity index (χ2n) is 4.47. The number of sulfone groups is 1. The van der Waals surface area contributed by atoms with Crippen LogP contribution < -0.4 is 0 Å². The predicted octanol–water partition coefficient (Wildman–Crippen LogP) is 0.838. The highest BCUT2D eigenvalue weighted by Gasteiger charge is 2.32. The summed E-state index contributed by atoms with van der Waals surface area (Å²) in [4.78, 5) is 7.05. The number of aromatic nitrogens is 3. The van der Waals surface area contributed by atoms with Crippen molar-refractivity contribution in [3.8, 4) is 17.7 Å². The summed E-state index contributed by atoms with van der Waals surface area (Å²) < 4.78 is 27.9. The third kappa shape index (κ3) is 2.24. The third-order valence-corrected chi connectivity index (χ3v) is 4.85. The van der Waals surface area contributed by atoms with Gasteiger partial charge in [0.25, 0.3) is 5.89 Å². The summed E-state index contributed by atoms with van der Waals surface area (Å²) >= 11 is 0. The molecule has 0 aromatic carbocycles. The van der Waals surface area contributed by atoms with Crippen LogP contribution in [0.3, 0.4) is 0 Å². The molecule has 0 spiro atoms. The quantitative estimate of drug-likeness (QED) is 0.870. The largest absolute Gasteiger partial charge is 0.356 e. The molecule has 19 heavy (non-hydrogen) atoms. The zero-order valence-electron chi connectivity index (χ0n) is 9.83. The lowest BCUT2D eigenvalue weighted by Crippen LogP contribution is -2.05. The van der Waals surface area contributed by atoms with E-state index in [-0.39, 0.29) is 23.3 Å². The maximum atomic E-state index is 11.4. The van der Waals surface area contributed by atoms with Gasteiger partial charge in [0, 0.05) is 12.1 Å². The first-order valence-corrected chi connectivity index (χ1v) is 7.52. The van der Waals surface area contributed by atoms with Crippen LogP contribution in [0.2, 0.25) is 0 Å². The Bertz CT molecular complexity index is 753. The highest BCUT2D eigenvalue weighted by molar-refractivity contribution is 7.91. The van der Waals surface area contributed by atoms with Crippen LogP contribution >= 0.6 is 0 Å². The van der Waals surface area contributed by atoms with Gasteiger partial charge in [0.15, 0.2) is 15.7 Å². The number of nitrogens with zero attached hydrogens (tertiary/aromatic N) is 3. The lowest BCUT2D eigenvalue weighted by atomic mass is 10.1. The summed E-state index contributed by atoms with van der Waals surface area (Å²) in [6, 6.07) is 3.59. The topological polar surface area (TPSA) is 113 Å². The molecule has 1 aliphatic rings. The molecule has 1 atom stereocenters. The molecular formula is C11H10N4O3S. The normalized spacial score (nSPS) is 21.3. The van der Waals surface area contributed by atoms with Crippen LogP contribution in [0.15, 0.2) is 16.8 Å². The van der Waals surface area contributed by atoms with Crippen LogP contribution in [0.5, 0.6) is 0 Å². The number of aromatic amines is 1. The molecule has 1 unspecified atom stereocenters. The van der Waals surface area contributed by atoms with Crippen molar-refractivity contribution in [3.05, 3.63) is 23.7 Å². The van der Waals surface area contributed by atoms with E-state index in [4.69, 9.17) is 9.78 Å². The number of hydrogen-bond acceptors (Lipinski definition) is 6. The number of H-pyrrole nitrogens is 1. The predicted molar refractivity (Wildman–Crippen MR) is 64.8 cm³/mol. The molecule has 0 bridgehead atoms. The summed E-state index contributed by atoms with van der Waals surface area (Å²) in [6.45, 7) is 0. The lowest BCUT2D eigenvalue weighted by Gasteiger charge is -1.97. The molecule has 8 heteroatoms. The van der Waals surface area contributed by atoms with E-state index >= 15 is 0 Å². The van der Waals surface area contributed by atoms with Gasteiger partial charge in [0.05, 0.1) is 17.1 Å². The number of rotatable bonds is 2. The Morgan fingerprint density at radius 1 is 1.53 bits per heavy atom. The molecule has 0 saturated carbocycles. The van der Waals surface area contributed by atoms with Gasteiger partial charge in [-0.05, 0) is 12.5 Å². The molecular weight excluding hydrogens is 268 g/mol. The van der Waals surface area contributed by atoms with Gasteiger partial charge in [0.1, 0.15) is 11.8 Å². The van der Waals surface area contributed by atoms with Gasteiger partial charge in [-0.25, -0.2) is 8.42 Å². The molecule has 1 fully saturated rings. The Hall–Kier alpha value is -2.14. The summed E-state index contributed by atoms with van der Waals surface area (Å²) in [6.07, 6.45) is 2.06. The average Bonchev–Trinajstić information content (AvgIpc) is 3.05. The van der Waals surface area contributed by atoms with Crippen molar-refractivity contribution < 1.29 is 12.9 Å². The van der Waals surface area contributed by atoms with Crippen LogP contribution in [-0.2, 0) is 9.84 Å². The fourth-order valence-electron chi connectivity index (χ4n) is 2.09. The molecule has 2 aromatic rings. The summed E-state index contributed by atoms with van der Waals surface area (Å²) in [7, 11) is -2.97. The van der Waals surface area contributed by atoms with E-state index in [1.54, 1.807) is 12.3 Å². The van der Waals surface area contributed by atoms with Crippen LogP contribution in [0.4, 0.5) is 0 Å². The third-order valence-electron chi connectivity index (χ3n) is 3.08. The maximum absolute atomic E-state index is 11.4. The highest BCUT2D eigenvalue weighted by Crippen LogP contribution is 2.28. The molecule has 1 saturated heterocycles. The van der Waals surface area contributed by atoms with Gasteiger partial charge in [-0.1, -0.05) is 5.16 Å². The van der Waals surface area contributed by atoms with Crippen molar-refractivity contribution in [3.63, 3.8) is 0 Å². The lowest BCUT2D eigenvalue weighted by molar-refractivity contribution is 0.417. The number of nitriles is 1. The number of hydrogen-bond donors (Lipinski definition) is 1. The second-order valence-corrected chi connectivity index (χ2v) is 6.70. The van der Waals surface area contributed by atoms with Crippen LogP contribution in [0, 0.1) is 11.3 Å². The van der Waals surface area contributed by atoms with Crippen molar-refractivity contribution >= 4 is 9.84 Å². The molecule has 0 aliphatic carbocycles. The minimum atomic E-state index is -2.97. The molecule has 3 heterocycles. The summed E-state index contributed by atoms with van der Waals surface area (Å²) in [5, 5.41) is 12.6. The van der Waals surface area contributed by atoms with Crippen LogP contribution in [-0.4, -0.2) is 35.0 Å².